The number of carbonyl (C=O) groups is 1. The number of hydrogen-bond donors (Lipinski definition) is 2. The fourth-order valence-electron chi connectivity index (χ4n) is 1.69. The quantitative estimate of drug-likeness (QED) is 0.620. The van der Waals surface area contributed by atoms with E-state index in [0.717, 1.165) is 24.8 Å². The Bertz CT molecular complexity index is 305. The molecular weight excluding hydrogens is 228 g/mol. The van der Waals surface area contributed by atoms with Crippen molar-refractivity contribution >= 4 is 5.97 Å². The van der Waals surface area contributed by atoms with Gasteiger partial charge >= 0.3 is 5.97 Å². The maximum absolute atomic E-state index is 10.7. The van der Waals surface area contributed by atoms with Crippen LogP contribution in [0.25, 0.3) is 0 Å². The fraction of sp³-hybridized carbons (Fsp3) is 0.667. The molecule has 0 aliphatic rings. The van der Waals surface area contributed by atoms with Crippen molar-refractivity contribution in [2.24, 2.45) is 11.8 Å². The molecule has 0 fully saturated rings. The van der Waals surface area contributed by atoms with Crippen molar-refractivity contribution in [1.82, 2.24) is 0 Å². The highest BCUT2D eigenvalue weighted by molar-refractivity contribution is 5.69. The molecule has 0 rings (SSSR count). The summed E-state index contributed by atoms with van der Waals surface area (Å²) in [5.41, 5.74) is 2.26. The lowest BCUT2D eigenvalue weighted by molar-refractivity contribution is -0.141. The number of carboxylic acids is 1. The van der Waals surface area contributed by atoms with E-state index in [4.69, 9.17) is 10.2 Å². The molecular formula is C15H26O3. The third-order valence-electron chi connectivity index (χ3n) is 3.30. The van der Waals surface area contributed by atoms with Crippen molar-refractivity contribution in [3.05, 3.63) is 23.8 Å². The van der Waals surface area contributed by atoms with Crippen LogP contribution in [0.3, 0.4) is 0 Å². The summed E-state index contributed by atoms with van der Waals surface area (Å²) in [6.45, 7) is 9.71. The smallest absolute Gasteiger partial charge is 0.306 e. The first-order valence-corrected chi connectivity index (χ1v) is 6.53. The maximum atomic E-state index is 10.7. The van der Waals surface area contributed by atoms with Gasteiger partial charge in [-0.3, -0.25) is 4.79 Å². The first-order valence-electron chi connectivity index (χ1n) is 6.53. The van der Waals surface area contributed by atoms with Gasteiger partial charge in [0, 0.05) is 12.5 Å². The van der Waals surface area contributed by atoms with Crippen LogP contribution in [0.15, 0.2) is 23.8 Å². The van der Waals surface area contributed by atoms with E-state index in [0.29, 0.717) is 6.42 Å². The molecule has 3 heteroatoms. The number of aliphatic carboxylic acids is 1. The van der Waals surface area contributed by atoms with Crippen LogP contribution >= 0.6 is 0 Å². The summed E-state index contributed by atoms with van der Waals surface area (Å²) in [4.78, 5) is 10.7. The molecule has 0 amide bonds. The van der Waals surface area contributed by atoms with Gasteiger partial charge in [-0.15, -0.1) is 0 Å². The predicted molar refractivity (Wildman–Crippen MR) is 74.4 cm³/mol. The second-order valence-corrected chi connectivity index (χ2v) is 5.14. The summed E-state index contributed by atoms with van der Waals surface area (Å²) in [5.74, 6) is -0.851. The van der Waals surface area contributed by atoms with Gasteiger partial charge in [0.2, 0.25) is 0 Å². The van der Waals surface area contributed by atoms with Crippen LogP contribution in [0.4, 0.5) is 0 Å². The molecule has 0 aromatic heterocycles. The van der Waals surface area contributed by atoms with Crippen molar-refractivity contribution in [3.63, 3.8) is 0 Å². The zero-order valence-electron chi connectivity index (χ0n) is 11.8. The minimum absolute atomic E-state index is 0.134. The molecule has 0 aliphatic heterocycles. The summed E-state index contributed by atoms with van der Waals surface area (Å²) in [6, 6.07) is 0. The van der Waals surface area contributed by atoms with Crippen molar-refractivity contribution in [2.45, 2.75) is 46.5 Å². The Kier molecular flexibility index (Phi) is 8.38. The molecule has 104 valence electrons. The highest BCUT2D eigenvalue weighted by atomic mass is 16.4. The lowest BCUT2D eigenvalue weighted by atomic mass is 9.96. The molecule has 3 nitrogen and oxygen atoms in total. The number of carboxylic acid groups (broad SMARTS) is 1. The molecule has 0 heterocycles. The number of rotatable bonds is 9. The minimum atomic E-state index is -0.723. The Morgan fingerprint density at radius 2 is 2.00 bits per heavy atom. The van der Waals surface area contributed by atoms with Crippen LogP contribution in [-0.2, 0) is 4.79 Å². The zero-order chi connectivity index (χ0) is 14.1. The number of hydrogen-bond acceptors (Lipinski definition) is 2. The van der Waals surface area contributed by atoms with E-state index >= 15 is 0 Å². The number of allylic oxidation sites excluding steroid dienone is 2. The molecule has 18 heavy (non-hydrogen) atoms. The van der Waals surface area contributed by atoms with E-state index in [-0.39, 0.29) is 18.4 Å². The van der Waals surface area contributed by atoms with Crippen LogP contribution in [0.1, 0.15) is 46.5 Å². The van der Waals surface area contributed by atoms with Crippen molar-refractivity contribution in [2.75, 3.05) is 6.61 Å². The zero-order valence-corrected chi connectivity index (χ0v) is 11.8. The summed E-state index contributed by atoms with van der Waals surface area (Å²) < 4.78 is 0. The average Bonchev–Trinajstić information content (AvgIpc) is 2.29. The van der Waals surface area contributed by atoms with Gasteiger partial charge in [0.15, 0.2) is 0 Å². The third kappa shape index (κ3) is 7.28. The van der Waals surface area contributed by atoms with Crippen LogP contribution < -0.4 is 0 Å². The van der Waals surface area contributed by atoms with Crippen molar-refractivity contribution < 1.29 is 15.0 Å². The monoisotopic (exact) mass is 254 g/mol. The number of aliphatic hydroxyl groups is 1. The molecule has 0 aromatic carbocycles. The third-order valence-corrected chi connectivity index (χ3v) is 3.30. The van der Waals surface area contributed by atoms with Crippen LogP contribution in [0.2, 0.25) is 0 Å². The highest BCUT2D eigenvalue weighted by Crippen LogP contribution is 2.17. The Balaban J connectivity index is 3.98. The van der Waals surface area contributed by atoms with Crippen LogP contribution in [0.5, 0.6) is 0 Å². The average molecular weight is 254 g/mol. The van der Waals surface area contributed by atoms with Gasteiger partial charge in [-0.05, 0) is 39.5 Å². The van der Waals surface area contributed by atoms with E-state index in [1.54, 1.807) is 6.92 Å². The van der Waals surface area contributed by atoms with Gasteiger partial charge in [-0.25, -0.2) is 0 Å². The van der Waals surface area contributed by atoms with E-state index in [9.17, 15) is 4.79 Å². The van der Waals surface area contributed by atoms with Gasteiger partial charge < -0.3 is 10.2 Å². The van der Waals surface area contributed by atoms with E-state index in [1.165, 1.54) is 5.57 Å². The van der Waals surface area contributed by atoms with Crippen molar-refractivity contribution in [1.29, 1.82) is 0 Å². The molecule has 0 aliphatic carbocycles. The molecule has 2 atom stereocenters. The summed E-state index contributed by atoms with van der Waals surface area (Å²) in [7, 11) is 0. The first kappa shape index (κ1) is 16.9. The highest BCUT2D eigenvalue weighted by Gasteiger charge is 2.10. The minimum Gasteiger partial charge on any atom is -0.481 e. The largest absolute Gasteiger partial charge is 0.481 e. The van der Waals surface area contributed by atoms with Crippen molar-refractivity contribution in [3.8, 4) is 0 Å². The molecule has 0 saturated carbocycles. The van der Waals surface area contributed by atoms with Gasteiger partial charge in [-0.2, -0.15) is 0 Å². The standard InChI is InChI=1S/C15H26O3/c1-11(2)14(10-16)9-8-12(3)6-5-7-13(4)15(17)18/h8,13-14,16H,1,5-7,9-10H2,2-4H3,(H,17,18)/b12-8+/t13-,14-/m0/s1. The van der Waals surface area contributed by atoms with E-state index < -0.39 is 5.97 Å². The maximum Gasteiger partial charge on any atom is 0.306 e. The number of aliphatic hydroxyl groups excluding tert-OH is 1. The Morgan fingerprint density at radius 1 is 1.39 bits per heavy atom. The predicted octanol–water partition coefficient (Wildman–Crippen LogP) is 3.40. The lowest BCUT2D eigenvalue weighted by Gasteiger charge is -2.12. The van der Waals surface area contributed by atoms with E-state index in [1.807, 2.05) is 6.92 Å². The second-order valence-electron chi connectivity index (χ2n) is 5.14. The summed E-state index contributed by atoms with van der Waals surface area (Å²) >= 11 is 0. The SMILES string of the molecule is C=C(C)[C@H](CO)C/C=C(\C)CCC[C@H](C)C(=O)O. The van der Waals surface area contributed by atoms with Crippen LogP contribution in [0, 0.1) is 11.8 Å². The molecule has 0 aromatic rings. The fourth-order valence-corrected chi connectivity index (χ4v) is 1.69. The molecule has 0 saturated heterocycles. The lowest BCUT2D eigenvalue weighted by Crippen LogP contribution is -2.09. The molecule has 0 bridgehead atoms. The summed E-state index contributed by atoms with van der Waals surface area (Å²) in [5, 5.41) is 17.9. The molecule has 0 spiro atoms. The van der Waals surface area contributed by atoms with Gasteiger partial charge in [-0.1, -0.05) is 30.7 Å². The molecule has 2 N–H and O–H groups in total. The summed E-state index contributed by atoms with van der Waals surface area (Å²) in [6.07, 6.45) is 5.47. The molecule has 0 unspecified atom stereocenters. The topological polar surface area (TPSA) is 57.5 Å². The Morgan fingerprint density at radius 3 is 2.44 bits per heavy atom. The second kappa shape index (κ2) is 8.92. The normalized spacial score (nSPS) is 15.2. The molecule has 0 radical (unpaired) electrons. The Hall–Kier alpha value is -1.09. The van der Waals surface area contributed by atoms with Gasteiger partial charge in [0.25, 0.3) is 0 Å². The van der Waals surface area contributed by atoms with Gasteiger partial charge in [0.1, 0.15) is 0 Å². The first-order chi connectivity index (χ1) is 8.38. The Labute approximate surface area is 110 Å². The van der Waals surface area contributed by atoms with Gasteiger partial charge in [0.05, 0.1) is 5.92 Å². The van der Waals surface area contributed by atoms with E-state index in [2.05, 4.69) is 19.6 Å². The van der Waals surface area contributed by atoms with Crippen LogP contribution in [-0.4, -0.2) is 22.8 Å².